The van der Waals surface area contributed by atoms with Crippen molar-refractivity contribution in [1.82, 2.24) is 15.6 Å². The van der Waals surface area contributed by atoms with Crippen LogP contribution in [0.4, 0.5) is 0 Å². The average Bonchev–Trinajstić information content (AvgIpc) is 2.69. The molecule has 0 aliphatic carbocycles. The number of nitrogens with one attached hydrogen (secondary N) is 2. The van der Waals surface area contributed by atoms with Crippen molar-refractivity contribution < 1.29 is 9.47 Å². The maximum absolute atomic E-state index is 5.71. The molecule has 0 unspecified atom stereocenters. The predicted molar refractivity (Wildman–Crippen MR) is 105 cm³/mol. The molecule has 1 heterocycles. The van der Waals surface area contributed by atoms with Crippen LogP contribution in [0.3, 0.4) is 0 Å². The van der Waals surface area contributed by atoms with Gasteiger partial charge in [0.2, 0.25) is 5.88 Å². The first kappa shape index (κ1) is 19.6. The van der Waals surface area contributed by atoms with Crippen molar-refractivity contribution in [2.75, 3.05) is 20.3 Å². The Labute approximate surface area is 155 Å². The molecule has 26 heavy (non-hydrogen) atoms. The van der Waals surface area contributed by atoms with E-state index < -0.39 is 0 Å². The molecule has 2 rings (SSSR count). The summed E-state index contributed by atoms with van der Waals surface area (Å²) in [5.41, 5.74) is 2.13. The molecule has 2 aromatic rings. The lowest BCUT2D eigenvalue weighted by molar-refractivity contribution is 0.301. The van der Waals surface area contributed by atoms with E-state index >= 15 is 0 Å². The van der Waals surface area contributed by atoms with Gasteiger partial charge in [0, 0.05) is 24.8 Å². The van der Waals surface area contributed by atoms with E-state index in [1.807, 2.05) is 43.3 Å². The van der Waals surface area contributed by atoms with E-state index in [0.717, 1.165) is 35.8 Å². The molecule has 1 aromatic carbocycles. The molecule has 140 valence electrons. The van der Waals surface area contributed by atoms with Gasteiger partial charge in [-0.1, -0.05) is 25.1 Å². The zero-order valence-corrected chi connectivity index (χ0v) is 15.8. The van der Waals surface area contributed by atoms with Gasteiger partial charge in [0.15, 0.2) is 5.96 Å². The summed E-state index contributed by atoms with van der Waals surface area (Å²) in [6.45, 7) is 6.77. The van der Waals surface area contributed by atoms with Crippen LogP contribution in [-0.4, -0.2) is 31.2 Å². The SMILES string of the molecule is CCCOc1ncccc1CNC(=NCc1ccc(OC)cc1)NCC. The van der Waals surface area contributed by atoms with Gasteiger partial charge < -0.3 is 20.1 Å². The molecule has 0 saturated heterocycles. The van der Waals surface area contributed by atoms with Gasteiger partial charge in [-0.05, 0) is 37.1 Å². The van der Waals surface area contributed by atoms with Crippen LogP contribution in [-0.2, 0) is 13.1 Å². The van der Waals surface area contributed by atoms with Crippen LogP contribution in [0.15, 0.2) is 47.6 Å². The third-order valence-electron chi connectivity index (χ3n) is 3.66. The maximum Gasteiger partial charge on any atom is 0.218 e. The minimum atomic E-state index is 0.589. The maximum atomic E-state index is 5.71. The highest BCUT2D eigenvalue weighted by molar-refractivity contribution is 5.79. The number of nitrogens with zero attached hydrogens (tertiary/aromatic N) is 2. The van der Waals surface area contributed by atoms with Crippen molar-refractivity contribution in [3.63, 3.8) is 0 Å². The first-order valence-corrected chi connectivity index (χ1v) is 8.98. The smallest absolute Gasteiger partial charge is 0.218 e. The lowest BCUT2D eigenvalue weighted by Gasteiger charge is -2.13. The summed E-state index contributed by atoms with van der Waals surface area (Å²) in [7, 11) is 1.66. The molecule has 0 radical (unpaired) electrons. The Hall–Kier alpha value is -2.76. The van der Waals surface area contributed by atoms with Gasteiger partial charge >= 0.3 is 0 Å². The topological polar surface area (TPSA) is 67.8 Å². The van der Waals surface area contributed by atoms with Crippen LogP contribution in [0.1, 0.15) is 31.4 Å². The average molecular weight is 356 g/mol. The fourth-order valence-corrected chi connectivity index (χ4v) is 2.31. The van der Waals surface area contributed by atoms with Crippen molar-refractivity contribution in [3.05, 3.63) is 53.7 Å². The summed E-state index contributed by atoms with van der Waals surface area (Å²) < 4.78 is 10.9. The number of methoxy groups -OCH3 is 1. The molecule has 0 amide bonds. The Morgan fingerprint density at radius 2 is 1.92 bits per heavy atom. The van der Waals surface area contributed by atoms with Crippen LogP contribution >= 0.6 is 0 Å². The van der Waals surface area contributed by atoms with E-state index in [-0.39, 0.29) is 0 Å². The second-order valence-electron chi connectivity index (χ2n) is 5.71. The van der Waals surface area contributed by atoms with Crippen molar-refractivity contribution in [2.45, 2.75) is 33.4 Å². The van der Waals surface area contributed by atoms with Crippen LogP contribution in [0, 0.1) is 0 Å². The fourth-order valence-electron chi connectivity index (χ4n) is 2.31. The molecule has 0 spiro atoms. The number of hydrogen-bond acceptors (Lipinski definition) is 4. The Kier molecular flexibility index (Phi) is 8.26. The van der Waals surface area contributed by atoms with Crippen molar-refractivity contribution in [3.8, 4) is 11.6 Å². The molecule has 0 atom stereocenters. The molecule has 0 bridgehead atoms. The van der Waals surface area contributed by atoms with Crippen molar-refractivity contribution in [2.24, 2.45) is 4.99 Å². The summed E-state index contributed by atoms with van der Waals surface area (Å²) in [6.07, 6.45) is 2.70. The van der Waals surface area contributed by atoms with Crippen LogP contribution < -0.4 is 20.1 Å². The molecule has 1 aromatic heterocycles. The number of ether oxygens (including phenoxy) is 2. The minimum absolute atomic E-state index is 0.589. The Bertz CT molecular complexity index is 686. The molecule has 6 nitrogen and oxygen atoms in total. The predicted octanol–water partition coefficient (Wildman–Crippen LogP) is 3.13. The molecular weight excluding hydrogens is 328 g/mol. The van der Waals surface area contributed by atoms with E-state index in [1.54, 1.807) is 13.3 Å². The number of pyridine rings is 1. The molecule has 2 N–H and O–H groups in total. The number of rotatable bonds is 9. The van der Waals surface area contributed by atoms with E-state index in [9.17, 15) is 0 Å². The van der Waals surface area contributed by atoms with E-state index in [4.69, 9.17) is 9.47 Å². The molecule has 0 saturated carbocycles. The Morgan fingerprint density at radius 3 is 2.62 bits per heavy atom. The van der Waals surface area contributed by atoms with Gasteiger partial charge in [0.05, 0.1) is 20.3 Å². The summed E-state index contributed by atoms with van der Waals surface area (Å²) in [5, 5.41) is 6.60. The van der Waals surface area contributed by atoms with Crippen molar-refractivity contribution >= 4 is 5.96 Å². The number of aliphatic imine (C=N–C) groups is 1. The summed E-state index contributed by atoms with van der Waals surface area (Å²) in [5.74, 6) is 2.28. The van der Waals surface area contributed by atoms with Crippen molar-refractivity contribution in [1.29, 1.82) is 0 Å². The molecule has 0 fully saturated rings. The Morgan fingerprint density at radius 1 is 1.12 bits per heavy atom. The monoisotopic (exact) mass is 356 g/mol. The summed E-state index contributed by atoms with van der Waals surface area (Å²) in [6, 6.07) is 11.8. The summed E-state index contributed by atoms with van der Waals surface area (Å²) >= 11 is 0. The molecule has 6 heteroatoms. The van der Waals surface area contributed by atoms with Gasteiger partial charge in [0.1, 0.15) is 5.75 Å². The number of benzene rings is 1. The normalized spacial score (nSPS) is 11.1. The number of guanidine groups is 1. The fraction of sp³-hybridized carbons (Fsp3) is 0.400. The first-order valence-electron chi connectivity index (χ1n) is 8.98. The third-order valence-corrected chi connectivity index (χ3v) is 3.66. The highest BCUT2D eigenvalue weighted by atomic mass is 16.5. The minimum Gasteiger partial charge on any atom is -0.497 e. The van der Waals surface area contributed by atoms with Gasteiger partial charge in [-0.25, -0.2) is 9.98 Å². The second kappa shape index (κ2) is 11.0. The van der Waals surface area contributed by atoms with Gasteiger partial charge in [0.25, 0.3) is 0 Å². The van der Waals surface area contributed by atoms with Gasteiger partial charge in [-0.15, -0.1) is 0 Å². The van der Waals surface area contributed by atoms with Crippen LogP contribution in [0.5, 0.6) is 11.6 Å². The number of hydrogen-bond donors (Lipinski definition) is 2. The largest absolute Gasteiger partial charge is 0.497 e. The third kappa shape index (κ3) is 6.27. The molecule has 0 aliphatic heterocycles. The quantitative estimate of drug-likeness (QED) is 0.534. The highest BCUT2D eigenvalue weighted by Gasteiger charge is 2.06. The van der Waals surface area contributed by atoms with Crippen LogP contribution in [0.25, 0.3) is 0 Å². The van der Waals surface area contributed by atoms with Crippen LogP contribution in [0.2, 0.25) is 0 Å². The highest BCUT2D eigenvalue weighted by Crippen LogP contribution is 2.14. The second-order valence-corrected chi connectivity index (χ2v) is 5.71. The molecular formula is C20H28N4O2. The first-order chi connectivity index (χ1) is 12.8. The Balaban J connectivity index is 1.98. The van der Waals surface area contributed by atoms with E-state index in [0.29, 0.717) is 25.6 Å². The van der Waals surface area contributed by atoms with Gasteiger partial charge in [-0.3, -0.25) is 0 Å². The van der Waals surface area contributed by atoms with Gasteiger partial charge in [-0.2, -0.15) is 0 Å². The number of aromatic nitrogens is 1. The summed E-state index contributed by atoms with van der Waals surface area (Å²) in [4.78, 5) is 8.95. The van der Waals surface area contributed by atoms with E-state index in [2.05, 4.69) is 27.5 Å². The van der Waals surface area contributed by atoms with E-state index in [1.165, 1.54) is 0 Å². The zero-order chi connectivity index (χ0) is 18.6. The zero-order valence-electron chi connectivity index (χ0n) is 15.8. The molecule has 0 aliphatic rings. The standard InChI is InChI=1S/C20H28N4O2/c1-4-13-26-19-17(7-6-12-22-19)15-24-20(21-5-2)23-14-16-8-10-18(25-3)11-9-16/h6-12H,4-5,13-15H2,1-3H3,(H2,21,23,24). The lowest BCUT2D eigenvalue weighted by Crippen LogP contribution is -2.36. The lowest BCUT2D eigenvalue weighted by atomic mass is 10.2.